The predicted octanol–water partition coefficient (Wildman–Crippen LogP) is 4.47. The van der Waals surface area contributed by atoms with Crippen molar-refractivity contribution in [2.24, 2.45) is 0 Å². The number of carbonyl (C=O) groups is 2. The van der Waals surface area contributed by atoms with Gasteiger partial charge < -0.3 is 4.98 Å². The third kappa shape index (κ3) is 4.36. The number of imidazole rings is 1. The minimum atomic E-state index is -0.532. The lowest BCUT2D eigenvalue weighted by Gasteiger charge is -2.09. The van der Waals surface area contributed by atoms with Gasteiger partial charge in [0.25, 0.3) is 11.8 Å². The van der Waals surface area contributed by atoms with Crippen LogP contribution in [0.5, 0.6) is 0 Å². The number of aryl methyl sites for hydroxylation is 2. The predicted molar refractivity (Wildman–Crippen MR) is 116 cm³/mol. The second kappa shape index (κ2) is 8.93. The Labute approximate surface area is 182 Å². The van der Waals surface area contributed by atoms with Crippen molar-refractivity contribution in [3.05, 3.63) is 68.1 Å². The van der Waals surface area contributed by atoms with Gasteiger partial charge in [0, 0.05) is 16.8 Å². The van der Waals surface area contributed by atoms with Crippen LogP contribution in [-0.4, -0.2) is 21.4 Å². The second-order valence-corrected chi connectivity index (χ2v) is 8.70. The Morgan fingerprint density at radius 2 is 1.73 bits per heavy atom. The molecule has 2 heterocycles. The van der Waals surface area contributed by atoms with Gasteiger partial charge in [0.15, 0.2) is 4.77 Å². The minimum absolute atomic E-state index is 0.199. The smallest absolute Gasteiger partial charge is 0.288 e. The van der Waals surface area contributed by atoms with Crippen LogP contribution in [-0.2, 0) is 12.8 Å². The molecular weight excluding hydrogens is 423 g/mol. The summed E-state index contributed by atoms with van der Waals surface area (Å²) in [5.41, 5.74) is 6.91. The number of fused-ring (bicyclic) bond motifs is 1. The Bertz CT molecular complexity index is 1110. The van der Waals surface area contributed by atoms with Crippen molar-refractivity contribution in [1.82, 2.24) is 20.4 Å². The van der Waals surface area contributed by atoms with Crippen LogP contribution >= 0.6 is 23.6 Å². The van der Waals surface area contributed by atoms with Gasteiger partial charge in [-0.05, 0) is 73.8 Å². The van der Waals surface area contributed by atoms with E-state index < -0.39 is 5.91 Å². The molecule has 30 heavy (non-hydrogen) atoms. The monoisotopic (exact) mass is 444 g/mol. The van der Waals surface area contributed by atoms with Gasteiger partial charge in [0.1, 0.15) is 11.5 Å². The largest absolute Gasteiger partial charge is 0.336 e. The molecule has 0 unspecified atom stereocenters. The van der Waals surface area contributed by atoms with Gasteiger partial charge in [-0.3, -0.25) is 25.0 Å². The number of rotatable bonds is 3. The number of carbonyl (C=O) groups excluding carboxylic acids is 2. The van der Waals surface area contributed by atoms with Gasteiger partial charge in [0.2, 0.25) is 0 Å². The number of benzene rings is 1. The molecule has 0 fully saturated rings. The molecule has 0 spiro atoms. The van der Waals surface area contributed by atoms with Crippen molar-refractivity contribution in [2.45, 2.75) is 38.5 Å². The number of hydrogen-bond acceptors (Lipinski definition) is 4. The third-order valence-electron chi connectivity index (χ3n) is 5.10. The van der Waals surface area contributed by atoms with Crippen molar-refractivity contribution < 1.29 is 14.0 Å². The first-order chi connectivity index (χ1) is 14.5. The number of hydrazine groups is 1. The summed E-state index contributed by atoms with van der Waals surface area (Å²) in [4.78, 5) is 29.9. The maximum Gasteiger partial charge on any atom is 0.288 e. The standard InChI is InChI=1S/C21H21FN4O2S2/c22-14-7-9-15(10-8-14)26-16(12-23-21(26)29)19(27)24-25-20(28)18-11-13-5-3-1-2-4-6-17(13)30-18/h7-12H,1-6H2,(H,23,29)(H,24,27)(H,25,28). The third-order valence-corrected chi connectivity index (χ3v) is 6.64. The highest BCUT2D eigenvalue weighted by Crippen LogP contribution is 2.28. The van der Waals surface area contributed by atoms with Crippen LogP contribution in [0, 0.1) is 10.6 Å². The molecule has 0 aliphatic heterocycles. The SMILES string of the molecule is O=C(NNC(=O)c1c[nH]c(=S)n1-c1ccc(F)cc1)c1cc2c(s1)CCCCCC2. The second-order valence-electron chi connectivity index (χ2n) is 7.17. The van der Waals surface area contributed by atoms with E-state index in [1.807, 2.05) is 6.07 Å². The number of H-pyrrole nitrogens is 1. The topological polar surface area (TPSA) is 78.9 Å². The average molecular weight is 445 g/mol. The van der Waals surface area contributed by atoms with Crippen LogP contribution in [0.4, 0.5) is 4.39 Å². The number of amides is 2. The van der Waals surface area contributed by atoms with Gasteiger partial charge in [-0.2, -0.15) is 0 Å². The van der Waals surface area contributed by atoms with Crippen molar-refractivity contribution in [1.29, 1.82) is 0 Å². The van der Waals surface area contributed by atoms with Crippen LogP contribution in [0.15, 0.2) is 36.5 Å². The Balaban J connectivity index is 1.47. The zero-order chi connectivity index (χ0) is 21.1. The van der Waals surface area contributed by atoms with E-state index in [-0.39, 0.29) is 22.2 Å². The molecular formula is C21H21FN4O2S2. The number of aromatic nitrogens is 2. The maximum atomic E-state index is 13.2. The maximum absolute atomic E-state index is 13.2. The first-order valence-corrected chi connectivity index (χ1v) is 11.0. The summed E-state index contributed by atoms with van der Waals surface area (Å²) < 4.78 is 15.0. The lowest BCUT2D eigenvalue weighted by Crippen LogP contribution is -2.42. The Kier molecular flexibility index (Phi) is 6.10. The number of thiophene rings is 1. The van der Waals surface area contributed by atoms with E-state index in [1.165, 1.54) is 69.6 Å². The van der Waals surface area contributed by atoms with Crippen molar-refractivity contribution in [2.75, 3.05) is 0 Å². The zero-order valence-electron chi connectivity index (χ0n) is 16.2. The molecule has 0 saturated carbocycles. The molecule has 6 nitrogen and oxygen atoms in total. The summed E-state index contributed by atoms with van der Waals surface area (Å²) in [6, 6.07) is 7.56. The molecule has 4 rings (SSSR count). The molecule has 2 amide bonds. The number of aromatic amines is 1. The first kappa shape index (κ1) is 20.5. The fourth-order valence-electron chi connectivity index (χ4n) is 3.58. The highest BCUT2D eigenvalue weighted by molar-refractivity contribution is 7.71. The highest BCUT2D eigenvalue weighted by Gasteiger charge is 2.18. The molecule has 9 heteroatoms. The molecule has 0 atom stereocenters. The molecule has 0 bridgehead atoms. The molecule has 0 saturated heterocycles. The number of halogens is 1. The van der Waals surface area contributed by atoms with Gasteiger partial charge >= 0.3 is 0 Å². The summed E-state index contributed by atoms with van der Waals surface area (Å²) in [6.07, 6.45) is 8.18. The summed E-state index contributed by atoms with van der Waals surface area (Å²) in [7, 11) is 0. The van der Waals surface area contributed by atoms with Crippen LogP contribution in [0.1, 0.15) is 56.3 Å². The molecule has 2 aromatic heterocycles. The fraction of sp³-hybridized carbons (Fsp3) is 0.286. The number of nitrogens with zero attached hydrogens (tertiary/aromatic N) is 1. The van der Waals surface area contributed by atoms with Gasteiger partial charge in [-0.1, -0.05) is 12.8 Å². The minimum Gasteiger partial charge on any atom is -0.336 e. The lowest BCUT2D eigenvalue weighted by atomic mass is 10.00. The van der Waals surface area contributed by atoms with Crippen LogP contribution in [0.25, 0.3) is 5.69 Å². The highest BCUT2D eigenvalue weighted by atomic mass is 32.1. The normalized spacial score (nSPS) is 13.8. The molecule has 156 valence electrons. The summed E-state index contributed by atoms with van der Waals surface area (Å²) in [6.45, 7) is 0. The zero-order valence-corrected chi connectivity index (χ0v) is 17.8. The van der Waals surface area contributed by atoms with Crippen LogP contribution in [0.3, 0.4) is 0 Å². The van der Waals surface area contributed by atoms with Gasteiger partial charge in [-0.25, -0.2) is 4.39 Å². The van der Waals surface area contributed by atoms with E-state index in [4.69, 9.17) is 12.2 Å². The Morgan fingerprint density at radius 3 is 2.50 bits per heavy atom. The Hall–Kier alpha value is -2.78. The van der Waals surface area contributed by atoms with Crippen molar-refractivity contribution in [3.63, 3.8) is 0 Å². The molecule has 3 aromatic rings. The average Bonchev–Trinajstić information content (AvgIpc) is 3.30. The quantitative estimate of drug-likeness (QED) is 0.412. The summed E-state index contributed by atoms with van der Waals surface area (Å²) in [5.74, 6) is -1.26. The van der Waals surface area contributed by atoms with E-state index >= 15 is 0 Å². The van der Waals surface area contributed by atoms with Crippen molar-refractivity contribution >= 4 is 35.4 Å². The molecule has 3 N–H and O–H groups in total. The lowest BCUT2D eigenvalue weighted by molar-refractivity contribution is 0.0845. The van der Waals surface area contributed by atoms with E-state index in [1.54, 1.807) is 0 Å². The summed E-state index contributed by atoms with van der Waals surface area (Å²) in [5, 5.41) is 0. The molecule has 1 aliphatic rings. The van der Waals surface area contributed by atoms with Crippen LogP contribution < -0.4 is 10.9 Å². The molecule has 1 aliphatic carbocycles. The Morgan fingerprint density at radius 1 is 1.03 bits per heavy atom. The van der Waals surface area contributed by atoms with E-state index in [0.29, 0.717) is 10.6 Å². The summed E-state index contributed by atoms with van der Waals surface area (Å²) >= 11 is 6.73. The number of nitrogens with one attached hydrogen (secondary N) is 3. The number of hydrogen-bond donors (Lipinski definition) is 3. The first-order valence-electron chi connectivity index (χ1n) is 9.81. The van der Waals surface area contributed by atoms with E-state index in [9.17, 15) is 14.0 Å². The van der Waals surface area contributed by atoms with Crippen molar-refractivity contribution in [3.8, 4) is 5.69 Å². The van der Waals surface area contributed by atoms with Gasteiger partial charge in [-0.15, -0.1) is 11.3 Å². The van der Waals surface area contributed by atoms with E-state index in [2.05, 4.69) is 15.8 Å². The van der Waals surface area contributed by atoms with Crippen LogP contribution in [0.2, 0.25) is 0 Å². The molecule has 0 radical (unpaired) electrons. The van der Waals surface area contributed by atoms with E-state index in [0.717, 1.165) is 25.7 Å². The fourth-order valence-corrected chi connectivity index (χ4v) is 4.99. The van der Waals surface area contributed by atoms with Gasteiger partial charge in [0.05, 0.1) is 4.88 Å². The molecule has 1 aromatic carbocycles.